The number of nitrogens with zero attached hydrogens (tertiary/aromatic N) is 4. The Hall–Kier alpha value is -5.89. The summed E-state index contributed by atoms with van der Waals surface area (Å²) in [4.78, 5) is 72.2. The zero-order valence-electron chi connectivity index (χ0n) is 38.3. The van der Waals surface area contributed by atoms with E-state index in [4.69, 9.17) is 4.74 Å². The van der Waals surface area contributed by atoms with E-state index >= 15 is 0 Å². The molecule has 3 aromatic carbocycles. The van der Waals surface area contributed by atoms with Crippen LogP contribution < -0.4 is 20.7 Å². The van der Waals surface area contributed by atoms with Gasteiger partial charge in [0.2, 0.25) is 17.7 Å². The molecule has 7 rings (SSSR count). The van der Waals surface area contributed by atoms with Gasteiger partial charge in [0.25, 0.3) is 0 Å². The second-order valence-corrected chi connectivity index (χ2v) is 19.2. The highest BCUT2D eigenvalue weighted by atomic mass is 32.2. The van der Waals surface area contributed by atoms with Crippen molar-refractivity contribution in [1.29, 1.82) is 0 Å². The van der Waals surface area contributed by atoms with E-state index in [2.05, 4.69) is 27.9 Å². The lowest BCUT2D eigenvalue weighted by Gasteiger charge is -2.37. The van der Waals surface area contributed by atoms with Gasteiger partial charge in [-0.3, -0.25) is 19.2 Å². The smallest absolute Gasteiger partial charge is 0.315 e. The van der Waals surface area contributed by atoms with Crippen molar-refractivity contribution < 1.29 is 28.7 Å². The number of aryl methyl sites for hydroxylation is 1. The summed E-state index contributed by atoms with van der Waals surface area (Å²) in [6.45, 7) is 7.83. The molecule has 65 heavy (non-hydrogen) atoms. The van der Waals surface area contributed by atoms with Crippen LogP contribution in [-0.4, -0.2) is 99.2 Å². The van der Waals surface area contributed by atoms with Gasteiger partial charge in [-0.05, 0) is 86.8 Å². The molecule has 0 saturated carbocycles. The minimum atomic E-state index is -0.190. The number of imidazole rings is 1. The Morgan fingerprint density at radius 1 is 0.969 bits per heavy atom. The molecule has 0 bridgehead atoms. The van der Waals surface area contributed by atoms with Crippen molar-refractivity contribution in [2.75, 3.05) is 33.0 Å². The number of amides is 5. The van der Waals surface area contributed by atoms with E-state index in [0.29, 0.717) is 61.0 Å². The lowest BCUT2D eigenvalue weighted by atomic mass is 9.90. The minimum Gasteiger partial charge on any atom is -0.495 e. The molecular formula is C51H63N7O6S. The monoisotopic (exact) mass is 901 g/mol. The average Bonchev–Trinajstić information content (AvgIpc) is 4.02. The highest BCUT2D eigenvalue weighted by molar-refractivity contribution is 8.00. The van der Waals surface area contributed by atoms with Crippen LogP contribution in [0.3, 0.4) is 0 Å². The first-order chi connectivity index (χ1) is 31.4. The van der Waals surface area contributed by atoms with Crippen LogP contribution in [-0.2, 0) is 20.9 Å². The van der Waals surface area contributed by atoms with Crippen LogP contribution in [0.5, 0.6) is 5.75 Å². The van der Waals surface area contributed by atoms with Gasteiger partial charge in [-0.25, -0.2) is 9.78 Å². The Bertz CT molecular complexity index is 2360. The number of urea groups is 1. The maximum absolute atomic E-state index is 13.9. The van der Waals surface area contributed by atoms with E-state index in [0.717, 1.165) is 77.9 Å². The van der Waals surface area contributed by atoms with Gasteiger partial charge in [-0.15, -0.1) is 0 Å². The highest BCUT2D eigenvalue weighted by Crippen LogP contribution is 2.34. The van der Waals surface area contributed by atoms with Crippen LogP contribution in [0.15, 0.2) is 84.8 Å². The number of ether oxygens (including phenoxy) is 1. The second kappa shape index (κ2) is 21.9. The molecule has 3 saturated heterocycles. The average molecular weight is 902 g/mol. The van der Waals surface area contributed by atoms with Crippen molar-refractivity contribution >= 4 is 47.4 Å². The van der Waals surface area contributed by atoms with Crippen molar-refractivity contribution in [3.63, 3.8) is 0 Å². The Labute approximate surface area is 387 Å². The standard InChI is InChI=1S/C51H63N7O6S/c1-33-25-41(26-37-16-23-43(44(27-37)64-5)57-29-34(2)53-32-57)50(62)58(28-33)35(3)38-19-21-40(22-20-38)49(61)39-17-14-36(15-18-39)30-56(4)47(60)13-7-6-10-24-52-46(59)12-9-8-11-45-48-42(31-65-45)54-51(63)55-48/h14-23,26-27,29,32-33,35,42,45,48H,6-13,24-25,28,30-31H2,1-5H3,(H,52,59)(H2,54,55,63)/b41-26+/t33-,35-,42?,45-,48?/m0/s1. The summed E-state index contributed by atoms with van der Waals surface area (Å²) in [5.41, 5.74) is 6.45. The lowest BCUT2D eigenvalue weighted by molar-refractivity contribution is -0.132. The summed E-state index contributed by atoms with van der Waals surface area (Å²) in [6, 6.07) is 21.0. The Kier molecular flexibility index (Phi) is 15.8. The van der Waals surface area contributed by atoms with Gasteiger partial charge in [0.1, 0.15) is 5.75 Å². The molecule has 3 fully saturated rings. The van der Waals surface area contributed by atoms with Crippen molar-refractivity contribution in [2.24, 2.45) is 5.92 Å². The molecule has 0 spiro atoms. The minimum absolute atomic E-state index is 0.00496. The summed E-state index contributed by atoms with van der Waals surface area (Å²) in [5.74, 6) is 1.95. The predicted molar refractivity (Wildman–Crippen MR) is 255 cm³/mol. The summed E-state index contributed by atoms with van der Waals surface area (Å²) < 4.78 is 7.63. The van der Waals surface area contributed by atoms with E-state index in [9.17, 15) is 24.0 Å². The molecule has 4 aromatic rings. The number of hydrogen-bond acceptors (Lipinski definition) is 8. The molecule has 4 heterocycles. The molecule has 0 aliphatic carbocycles. The molecule has 344 valence electrons. The number of nitrogens with one attached hydrogen (secondary N) is 3. The van der Waals surface area contributed by atoms with Crippen LogP contribution in [0, 0.1) is 12.8 Å². The molecule has 0 radical (unpaired) electrons. The topological polar surface area (TPSA) is 155 Å². The summed E-state index contributed by atoms with van der Waals surface area (Å²) in [5, 5.41) is 9.41. The fourth-order valence-electron chi connectivity index (χ4n) is 9.08. The first-order valence-corrected chi connectivity index (χ1v) is 24.0. The molecule has 3 aliphatic heterocycles. The number of likely N-dealkylation sites (tertiary alicyclic amines) is 1. The largest absolute Gasteiger partial charge is 0.495 e. The SMILES string of the molecule is COc1cc(/C=C2\C[C@H](C)CN([C@@H](C)c3ccc(C(=O)c4ccc(CN(C)C(=O)CCCCCNC(=O)CCCC[C@@H]5SCC6NC(=O)NC65)cc4)cc3)C2=O)ccc1-n1cnc(C)c1. The molecule has 3 N–H and O–H groups in total. The third-order valence-corrected chi connectivity index (χ3v) is 14.3. The van der Waals surface area contributed by atoms with Gasteiger partial charge in [0, 0.05) is 73.4 Å². The van der Waals surface area contributed by atoms with Crippen molar-refractivity contribution in [3.05, 3.63) is 118 Å². The van der Waals surface area contributed by atoms with Gasteiger partial charge in [0.15, 0.2) is 5.78 Å². The van der Waals surface area contributed by atoms with E-state index in [1.54, 1.807) is 25.4 Å². The number of benzene rings is 3. The lowest BCUT2D eigenvalue weighted by Crippen LogP contribution is -2.42. The molecule has 5 amide bonds. The molecule has 14 heteroatoms. The maximum atomic E-state index is 13.9. The van der Waals surface area contributed by atoms with E-state index in [-0.39, 0.29) is 53.6 Å². The molecule has 3 aliphatic rings. The van der Waals surface area contributed by atoms with Gasteiger partial charge in [-0.1, -0.05) is 74.4 Å². The summed E-state index contributed by atoms with van der Waals surface area (Å²) >= 11 is 1.90. The van der Waals surface area contributed by atoms with E-state index in [1.807, 2.05) is 114 Å². The van der Waals surface area contributed by atoms with Gasteiger partial charge in [0.05, 0.1) is 42.9 Å². The normalized spacial score (nSPS) is 20.3. The third-order valence-electron chi connectivity index (χ3n) is 12.8. The van der Waals surface area contributed by atoms with Crippen molar-refractivity contribution in [2.45, 2.75) is 108 Å². The van der Waals surface area contributed by atoms with Crippen LogP contribution in [0.1, 0.15) is 116 Å². The van der Waals surface area contributed by atoms with Crippen LogP contribution >= 0.6 is 11.8 Å². The fourth-order valence-corrected chi connectivity index (χ4v) is 10.6. The number of aromatic nitrogens is 2. The van der Waals surface area contributed by atoms with E-state index < -0.39 is 0 Å². The predicted octanol–water partition coefficient (Wildman–Crippen LogP) is 7.79. The number of hydrogen-bond donors (Lipinski definition) is 3. The van der Waals surface area contributed by atoms with Crippen molar-refractivity contribution in [1.82, 2.24) is 35.3 Å². The highest BCUT2D eigenvalue weighted by Gasteiger charge is 2.42. The van der Waals surface area contributed by atoms with Crippen LogP contribution in [0.25, 0.3) is 11.8 Å². The number of thioether (sulfide) groups is 1. The number of methoxy groups -OCH3 is 1. The molecule has 13 nitrogen and oxygen atoms in total. The fraction of sp³-hybridized carbons (Fsp3) is 0.451. The Morgan fingerprint density at radius 3 is 2.43 bits per heavy atom. The number of rotatable bonds is 20. The number of piperidine rings is 1. The molecule has 5 atom stereocenters. The zero-order chi connectivity index (χ0) is 46.0. The number of fused-ring (bicyclic) bond motifs is 1. The first-order valence-electron chi connectivity index (χ1n) is 23.0. The molecule has 1 aromatic heterocycles. The summed E-state index contributed by atoms with van der Waals surface area (Å²) in [6.07, 6.45) is 12.5. The first kappa shape index (κ1) is 47.1. The number of carbonyl (C=O) groups excluding carboxylic acids is 5. The van der Waals surface area contributed by atoms with Gasteiger partial charge >= 0.3 is 6.03 Å². The third kappa shape index (κ3) is 12.1. The van der Waals surface area contributed by atoms with E-state index in [1.165, 1.54) is 0 Å². The quantitative estimate of drug-likeness (QED) is 0.0352. The zero-order valence-corrected chi connectivity index (χ0v) is 39.1. The maximum Gasteiger partial charge on any atom is 0.315 e. The number of carbonyl (C=O) groups is 5. The number of ketones is 1. The summed E-state index contributed by atoms with van der Waals surface area (Å²) in [7, 11) is 3.44. The van der Waals surface area contributed by atoms with Gasteiger partial charge in [-0.2, -0.15) is 11.8 Å². The van der Waals surface area contributed by atoms with Gasteiger partial charge < -0.3 is 35.1 Å². The van der Waals surface area contributed by atoms with Crippen molar-refractivity contribution in [3.8, 4) is 11.4 Å². The number of unbranched alkanes of at least 4 members (excludes halogenated alkanes) is 3. The molecule has 2 unspecified atom stereocenters. The van der Waals surface area contributed by atoms with Crippen LogP contribution in [0.4, 0.5) is 4.79 Å². The second-order valence-electron chi connectivity index (χ2n) is 17.9. The Morgan fingerprint density at radius 2 is 1.71 bits per heavy atom. The van der Waals surface area contributed by atoms with Crippen LogP contribution in [0.2, 0.25) is 0 Å². The molecular weight excluding hydrogens is 839 g/mol. The Balaban J connectivity index is 0.815.